The van der Waals surface area contributed by atoms with Gasteiger partial charge in [-0.05, 0) is 29.8 Å². The van der Waals surface area contributed by atoms with Crippen molar-refractivity contribution in [1.82, 2.24) is 0 Å². The highest BCUT2D eigenvalue weighted by Crippen LogP contribution is 2.26. The van der Waals surface area contributed by atoms with E-state index in [-0.39, 0.29) is 16.5 Å². The summed E-state index contributed by atoms with van der Waals surface area (Å²) in [6, 6.07) is 7.33. The fourth-order valence-electron chi connectivity index (χ4n) is 1.67. The Hall–Kier alpha value is -1.70. The maximum absolute atomic E-state index is 13.5. The van der Waals surface area contributed by atoms with E-state index < -0.39 is 27.3 Å². The van der Waals surface area contributed by atoms with Crippen LogP contribution in [0.3, 0.4) is 0 Å². The van der Waals surface area contributed by atoms with Crippen LogP contribution in [0.15, 0.2) is 41.3 Å². The zero-order chi connectivity index (χ0) is 15.6. The fraction of sp³-hybridized carbons (Fsp3) is 0.0769. The highest BCUT2D eigenvalue weighted by molar-refractivity contribution is 7.92. The fourth-order valence-corrected chi connectivity index (χ4v) is 3.30. The van der Waals surface area contributed by atoms with Crippen LogP contribution < -0.4 is 10.5 Å². The summed E-state index contributed by atoms with van der Waals surface area (Å²) in [5.74, 6) is -2.43. The molecule has 0 fully saturated rings. The van der Waals surface area contributed by atoms with Gasteiger partial charge >= 0.3 is 0 Å². The molecule has 0 amide bonds. The number of nitrogens with two attached hydrogens (primary N) is 1. The Bertz CT molecular complexity index is 782. The summed E-state index contributed by atoms with van der Waals surface area (Å²) >= 11 is 5.89. The van der Waals surface area contributed by atoms with Crippen LogP contribution in [-0.2, 0) is 16.6 Å². The third-order valence-electron chi connectivity index (χ3n) is 2.72. The molecule has 2 aromatic carbocycles. The van der Waals surface area contributed by atoms with Crippen molar-refractivity contribution in [3.05, 3.63) is 58.6 Å². The second-order valence-electron chi connectivity index (χ2n) is 4.18. The molecule has 0 aliphatic carbocycles. The van der Waals surface area contributed by atoms with Gasteiger partial charge in [-0.25, -0.2) is 17.2 Å². The number of benzene rings is 2. The Morgan fingerprint density at radius 2 is 1.90 bits per heavy atom. The summed E-state index contributed by atoms with van der Waals surface area (Å²) < 4.78 is 52.9. The minimum atomic E-state index is -4.14. The van der Waals surface area contributed by atoms with Crippen molar-refractivity contribution >= 4 is 27.3 Å². The molecular weight excluding hydrogens is 322 g/mol. The van der Waals surface area contributed by atoms with E-state index in [0.717, 1.165) is 12.1 Å². The number of sulfonamides is 1. The van der Waals surface area contributed by atoms with Gasteiger partial charge in [0, 0.05) is 6.54 Å². The normalized spacial score (nSPS) is 11.4. The van der Waals surface area contributed by atoms with Gasteiger partial charge in [-0.1, -0.05) is 23.7 Å². The Balaban J connectivity index is 2.41. The van der Waals surface area contributed by atoms with Crippen molar-refractivity contribution in [2.45, 2.75) is 11.4 Å². The van der Waals surface area contributed by atoms with Gasteiger partial charge in [0.2, 0.25) is 0 Å². The van der Waals surface area contributed by atoms with Crippen LogP contribution in [-0.4, -0.2) is 8.42 Å². The molecule has 8 heteroatoms. The van der Waals surface area contributed by atoms with Gasteiger partial charge in [0.1, 0.15) is 4.90 Å². The molecule has 0 aliphatic heterocycles. The maximum atomic E-state index is 13.5. The molecule has 0 aromatic heterocycles. The average Bonchev–Trinajstić information content (AvgIpc) is 2.43. The third-order valence-corrected chi connectivity index (χ3v) is 4.57. The zero-order valence-corrected chi connectivity index (χ0v) is 12.2. The van der Waals surface area contributed by atoms with Gasteiger partial charge in [0.15, 0.2) is 11.6 Å². The van der Waals surface area contributed by atoms with Gasteiger partial charge in [-0.2, -0.15) is 0 Å². The number of halogens is 3. The minimum absolute atomic E-state index is 0.0535. The number of anilines is 1. The SMILES string of the molecule is NCc1ccc(S(=O)(=O)Nc2cccc(F)c2F)c(Cl)c1. The molecule has 0 heterocycles. The number of rotatable bonds is 4. The molecule has 0 aliphatic rings. The van der Waals surface area contributed by atoms with E-state index in [1.165, 1.54) is 24.3 Å². The van der Waals surface area contributed by atoms with E-state index in [4.69, 9.17) is 17.3 Å². The molecule has 0 saturated carbocycles. The first-order chi connectivity index (χ1) is 9.85. The smallest absolute Gasteiger partial charge is 0.263 e. The van der Waals surface area contributed by atoms with Crippen LogP contribution in [0.1, 0.15) is 5.56 Å². The monoisotopic (exact) mass is 332 g/mol. The second-order valence-corrected chi connectivity index (χ2v) is 6.23. The van der Waals surface area contributed by atoms with Crippen molar-refractivity contribution in [2.75, 3.05) is 4.72 Å². The quantitative estimate of drug-likeness (QED) is 0.904. The number of hydrogen-bond donors (Lipinski definition) is 2. The predicted octanol–water partition coefficient (Wildman–Crippen LogP) is 2.88. The van der Waals surface area contributed by atoms with Crippen molar-refractivity contribution in [3.8, 4) is 0 Å². The van der Waals surface area contributed by atoms with Crippen LogP contribution in [0.4, 0.5) is 14.5 Å². The molecule has 0 bridgehead atoms. The van der Waals surface area contributed by atoms with Crippen LogP contribution in [0.5, 0.6) is 0 Å². The molecule has 0 atom stereocenters. The highest BCUT2D eigenvalue weighted by atomic mass is 35.5. The van der Waals surface area contributed by atoms with Crippen LogP contribution in [0, 0.1) is 11.6 Å². The van der Waals surface area contributed by atoms with Gasteiger partial charge in [0.25, 0.3) is 10.0 Å². The molecule has 2 rings (SSSR count). The molecule has 21 heavy (non-hydrogen) atoms. The maximum Gasteiger partial charge on any atom is 0.263 e. The number of nitrogens with one attached hydrogen (secondary N) is 1. The Labute approximate surface area is 125 Å². The van der Waals surface area contributed by atoms with Crippen molar-refractivity contribution < 1.29 is 17.2 Å². The second kappa shape index (κ2) is 5.97. The predicted molar refractivity (Wildman–Crippen MR) is 76.5 cm³/mol. The lowest BCUT2D eigenvalue weighted by Gasteiger charge is -2.11. The molecular formula is C13H11ClF2N2O2S. The Morgan fingerprint density at radius 1 is 1.19 bits per heavy atom. The Kier molecular flexibility index (Phi) is 4.46. The van der Waals surface area contributed by atoms with E-state index >= 15 is 0 Å². The van der Waals surface area contributed by atoms with Crippen LogP contribution in [0.25, 0.3) is 0 Å². The molecule has 3 N–H and O–H groups in total. The van der Waals surface area contributed by atoms with Crippen LogP contribution >= 0.6 is 11.6 Å². The third kappa shape index (κ3) is 3.31. The Morgan fingerprint density at radius 3 is 2.52 bits per heavy atom. The molecule has 0 radical (unpaired) electrons. The molecule has 0 spiro atoms. The molecule has 0 saturated heterocycles. The van der Waals surface area contributed by atoms with Gasteiger partial charge < -0.3 is 5.73 Å². The molecule has 0 unspecified atom stereocenters. The van der Waals surface area contributed by atoms with Crippen LogP contribution in [0.2, 0.25) is 5.02 Å². The minimum Gasteiger partial charge on any atom is -0.326 e. The average molecular weight is 333 g/mol. The van der Waals surface area contributed by atoms with E-state index in [1.807, 2.05) is 4.72 Å². The highest BCUT2D eigenvalue weighted by Gasteiger charge is 2.20. The van der Waals surface area contributed by atoms with Gasteiger partial charge in [0.05, 0.1) is 10.7 Å². The standard InChI is InChI=1S/C13H11ClF2N2O2S/c14-9-6-8(7-17)4-5-12(9)21(19,20)18-11-3-1-2-10(15)13(11)16/h1-6,18H,7,17H2. The first-order valence-electron chi connectivity index (χ1n) is 5.80. The van der Waals surface area contributed by atoms with Gasteiger partial charge in [-0.15, -0.1) is 0 Å². The van der Waals surface area contributed by atoms with E-state index in [2.05, 4.69) is 0 Å². The lowest BCUT2D eigenvalue weighted by molar-refractivity contribution is 0.511. The summed E-state index contributed by atoms with van der Waals surface area (Å²) in [6.07, 6.45) is 0. The topological polar surface area (TPSA) is 72.2 Å². The zero-order valence-electron chi connectivity index (χ0n) is 10.6. The first kappa shape index (κ1) is 15.7. The number of hydrogen-bond acceptors (Lipinski definition) is 3. The van der Waals surface area contributed by atoms with Gasteiger partial charge in [-0.3, -0.25) is 4.72 Å². The summed E-state index contributed by atoms with van der Waals surface area (Å²) in [5.41, 5.74) is 5.58. The summed E-state index contributed by atoms with van der Waals surface area (Å²) in [6.45, 7) is 0.200. The molecule has 112 valence electrons. The first-order valence-corrected chi connectivity index (χ1v) is 7.66. The van der Waals surface area contributed by atoms with E-state index in [1.54, 1.807) is 0 Å². The van der Waals surface area contributed by atoms with Crippen molar-refractivity contribution in [2.24, 2.45) is 5.73 Å². The van der Waals surface area contributed by atoms with Crippen molar-refractivity contribution in [3.63, 3.8) is 0 Å². The lowest BCUT2D eigenvalue weighted by Crippen LogP contribution is -2.15. The summed E-state index contributed by atoms with van der Waals surface area (Å²) in [7, 11) is -4.14. The van der Waals surface area contributed by atoms with E-state index in [0.29, 0.717) is 5.56 Å². The molecule has 4 nitrogen and oxygen atoms in total. The molecule has 2 aromatic rings. The summed E-state index contributed by atoms with van der Waals surface area (Å²) in [4.78, 5) is -0.245. The summed E-state index contributed by atoms with van der Waals surface area (Å²) in [5, 5.41) is -0.0535. The van der Waals surface area contributed by atoms with E-state index in [9.17, 15) is 17.2 Å². The largest absolute Gasteiger partial charge is 0.326 e. The van der Waals surface area contributed by atoms with Crippen molar-refractivity contribution in [1.29, 1.82) is 0 Å². The lowest BCUT2D eigenvalue weighted by atomic mass is 10.2.